The van der Waals surface area contributed by atoms with Gasteiger partial charge in [-0.2, -0.15) is 18.2 Å². The number of nitrogens with one attached hydrogen (secondary N) is 2. The number of rotatable bonds is 5. The molecule has 3 aromatic rings. The zero-order valence-corrected chi connectivity index (χ0v) is 15.2. The molecule has 2 aromatic carbocycles. The number of benzene rings is 2. The molecule has 0 radical (unpaired) electrons. The van der Waals surface area contributed by atoms with Crippen molar-refractivity contribution in [1.82, 2.24) is 9.97 Å². The van der Waals surface area contributed by atoms with Gasteiger partial charge in [0.15, 0.2) is 11.5 Å². The Hall–Kier alpha value is -4.02. The lowest BCUT2D eigenvalue weighted by Gasteiger charge is -2.15. The molecule has 30 heavy (non-hydrogen) atoms. The number of ether oxygens (including phenoxy) is 2. The molecule has 0 aliphatic carbocycles. The number of aromatic nitrogens is 2. The molecule has 1 aromatic heterocycles. The Morgan fingerprint density at radius 2 is 1.80 bits per heavy atom. The third kappa shape index (κ3) is 4.04. The fraction of sp³-hybridized carbons (Fsp3) is 0.105. The summed E-state index contributed by atoms with van der Waals surface area (Å²) in [6.07, 6.45) is -4.02. The highest BCUT2D eigenvalue weighted by atomic mass is 19.4. The summed E-state index contributed by atoms with van der Waals surface area (Å²) in [4.78, 5) is 19.0. The van der Waals surface area contributed by atoms with Gasteiger partial charge in [0.1, 0.15) is 11.4 Å². The minimum Gasteiger partial charge on any atom is -0.454 e. The molecule has 2 heterocycles. The van der Waals surface area contributed by atoms with E-state index in [1.165, 1.54) is 24.3 Å². The summed E-state index contributed by atoms with van der Waals surface area (Å²) in [5, 5.41) is 5.41. The van der Waals surface area contributed by atoms with Gasteiger partial charge in [0.05, 0.1) is 0 Å². The number of alkyl halides is 3. The lowest BCUT2D eigenvalue weighted by Crippen LogP contribution is -2.13. The van der Waals surface area contributed by atoms with Gasteiger partial charge in [-0.25, -0.2) is 4.98 Å². The molecule has 11 heteroatoms. The second-order valence-electron chi connectivity index (χ2n) is 6.22. The highest BCUT2D eigenvalue weighted by Gasteiger charge is 2.35. The second kappa shape index (κ2) is 7.43. The standard InChI is InChI=1S/C19H14F3N5O3/c20-19(21,22)13-8-24-18(26-12-4-5-14-15(7-12)30-9-29-14)27-17(13)25-11-3-1-2-10(6-11)16(23)28/h1-8H,9H2,(H2,23,28)(H2,24,25,26,27). The number of fused-ring (bicyclic) bond motifs is 1. The van der Waals surface area contributed by atoms with Crippen molar-refractivity contribution in [2.45, 2.75) is 6.18 Å². The maximum atomic E-state index is 13.4. The van der Waals surface area contributed by atoms with Crippen LogP contribution in [-0.4, -0.2) is 22.7 Å². The van der Waals surface area contributed by atoms with Gasteiger partial charge in [0.2, 0.25) is 18.6 Å². The van der Waals surface area contributed by atoms with Gasteiger partial charge in [0, 0.05) is 29.2 Å². The summed E-state index contributed by atoms with van der Waals surface area (Å²) in [6.45, 7) is 0.0913. The Morgan fingerprint density at radius 1 is 1.03 bits per heavy atom. The fourth-order valence-electron chi connectivity index (χ4n) is 2.74. The summed E-state index contributed by atoms with van der Waals surface area (Å²) in [7, 11) is 0. The summed E-state index contributed by atoms with van der Waals surface area (Å²) >= 11 is 0. The molecule has 4 N–H and O–H groups in total. The third-order valence-corrected chi connectivity index (χ3v) is 4.13. The first-order valence-electron chi connectivity index (χ1n) is 8.57. The van der Waals surface area contributed by atoms with Gasteiger partial charge in [-0.05, 0) is 30.3 Å². The molecule has 4 rings (SSSR count). The summed E-state index contributed by atoms with van der Waals surface area (Å²) in [6, 6.07) is 10.7. The minimum absolute atomic E-state index is 0.0737. The van der Waals surface area contributed by atoms with Crippen LogP contribution in [0.5, 0.6) is 11.5 Å². The zero-order chi connectivity index (χ0) is 21.3. The van der Waals surface area contributed by atoms with Crippen molar-refractivity contribution in [2.75, 3.05) is 17.4 Å². The highest BCUT2D eigenvalue weighted by Crippen LogP contribution is 2.37. The first kappa shape index (κ1) is 19.3. The molecule has 8 nitrogen and oxygen atoms in total. The van der Waals surface area contributed by atoms with Crippen molar-refractivity contribution in [3.63, 3.8) is 0 Å². The Bertz CT molecular complexity index is 1120. The molecule has 1 amide bonds. The van der Waals surface area contributed by atoms with E-state index in [9.17, 15) is 18.0 Å². The topological polar surface area (TPSA) is 111 Å². The van der Waals surface area contributed by atoms with Crippen LogP contribution in [-0.2, 0) is 6.18 Å². The molecular weight excluding hydrogens is 403 g/mol. The van der Waals surface area contributed by atoms with Crippen molar-refractivity contribution in [3.05, 3.63) is 59.8 Å². The van der Waals surface area contributed by atoms with Crippen molar-refractivity contribution in [3.8, 4) is 11.5 Å². The van der Waals surface area contributed by atoms with E-state index >= 15 is 0 Å². The minimum atomic E-state index is -4.69. The fourth-order valence-corrected chi connectivity index (χ4v) is 2.74. The van der Waals surface area contributed by atoms with Crippen LogP contribution in [0.25, 0.3) is 0 Å². The van der Waals surface area contributed by atoms with E-state index < -0.39 is 23.5 Å². The van der Waals surface area contributed by atoms with Gasteiger partial charge in [-0.1, -0.05) is 6.07 Å². The number of amides is 1. The summed E-state index contributed by atoms with van der Waals surface area (Å²) in [5.74, 6) is -0.209. The van der Waals surface area contributed by atoms with E-state index in [-0.39, 0.29) is 24.0 Å². The van der Waals surface area contributed by atoms with Crippen LogP contribution >= 0.6 is 0 Å². The van der Waals surface area contributed by atoms with Gasteiger partial charge in [-0.3, -0.25) is 4.79 Å². The van der Waals surface area contributed by atoms with Crippen molar-refractivity contribution < 1.29 is 27.4 Å². The summed E-state index contributed by atoms with van der Waals surface area (Å²) < 4.78 is 50.8. The SMILES string of the molecule is NC(=O)c1cccc(Nc2nc(Nc3ccc4c(c3)OCO4)ncc2C(F)(F)F)c1. The predicted octanol–water partition coefficient (Wildman–Crippen LogP) is 3.81. The van der Waals surface area contributed by atoms with Crippen LogP contribution in [0.1, 0.15) is 15.9 Å². The Kier molecular flexibility index (Phi) is 4.78. The van der Waals surface area contributed by atoms with E-state index in [0.717, 1.165) is 0 Å². The Morgan fingerprint density at radius 3 is 2.57 bits per heavy atom. The zero-order valence-electron chi connectivity index (χ0n) is 15.2. The van der Waals surface area contributed by atoms with Crippen LogP contribution in [0, 0.1) is 0 Å². The van der Waals surface area contributed by atoms with Gasteiger partial charge in [0.25, 0.3) is 0 Å². The van der Waals surface area contributed by atoms with E-state index in [4.69, 9.17) is 15.2 Å². The van der Waals surface area contributed by atoms with Gasteiger partial charge < -0.3 is 25.8 Å². The quantitative estimate of drug-likeness (QED) is 0.579. The van der Waals surface area contributed by atoms with Crippen LogP contribution < -0.4 is 25.8 Å². The molecule has 154 valence electrons. The van der Waals surface area contributed by atoms with E-state index in [1.807, 2.05) is 0 Å². The van der Waals surface area contributed by atoms with Crippen LogP contribution in [0.15, 0.2) is 48.7 Å². The number of hydrogen-bond acceptors (Lipinski definition) is 7. The number of anilines is 4. The van der Waals surface area contributed by atoms with Crippen LogP contribution in [0.3, 0.4) is 0 Å². The van der Waals surface area contributed by atoms with Crippen LogP contribution in [0.2, 0.25) is 0 Å². The molecule has 0 saturated heterocycles. The molecule has 0 saturated carbocycles. The van der Waals surface area contributed by atoms with Crippen molar-refractivity contribution >= 4 is 29.0 Å². The molecule has 0 unspecified atom stereocenters. The van der Waals surface area contributed by atoms with E-state index in [0.29, 0.717) is 23.4 Å². The molecule has 0 spiro atoms. The monoisotopic (exact) mass is 417 g/mol. The number of nitrogens with two attached hydrogens (primary N) is 1. The van der Waals surface area contributed by atoms with Crippen LogP contribution in [0.4, 0.5) is 36.3 Å². The molecular formula is C19H14F3N5O3. The average molecular weight is 417 g/mol. The molecule has 0 atom stereocenters. The smallest absolute Gasteiger partial charge is 0.421 e. The van der Waals surface area contributed by atoms with E-state index in [1.54, 1.807) is 18.2 Å². The van der Waals surface area contributed by atoms with Gasteiger partial charge in [-0.15, -0.1) is 0 Å². The normalized spacial score (nSPS) is 12.5. The average Bonchev–Trinajstić information content (AvgIpc) is 3.15. The molecule has 1 aliphatic rings. The number of nitrogens with zero attached hydrogens (tertiary/aromatic N) is 2. The molecule has 0 bridgehead atoms. The molecule has 1 aliphatic heterocycles. The predicted molar refractivity (Wildman–Crippen MR) is 101 cm³/mol. The molecule has 0 fully saturated rings. The number of primary amides is 1. The Balaban J connectivity index is 1.65. The second-order valence-corrected chi connectivity index (χ2v) is 6.22. The Labute approximate surface area is 167 Å². The maximum absolute atomic E-state index is 13.4. The lowest BCUT2D eigenvalue weighted by molar-refractivity contribution is -0.137. The number of carbonyl (C=O) groups excluding carboxylic acids is 1. The van der Waals surface area contributed by atoms with Gasteiger partial charge >= 0.3 is 6.18 Å². The largest absolute Gasteiger partial charge is 0.454 e. The van der Waals surface area contributed by atoms with Crippen molar-refractivity contribution in [1.29, 1.82) is 0 Å². The first-order valence-corrected chi connectivity index (χ1v) is 8.57. The van der Waals surface area contributed by atoms with E-state index in [2.05, 4.69) is 20.6 Å². The lowest BCUT2D eigenvalue weighted by atomic mass is 10.2. The number of hydrogen-bond donors (Lipinski definition) is 3. The maximum Gasteiger partial charge on any atom is 0.421 e. The number of carbonyl (C=O) groups is 1. The third-order valence-electron chi connectivity index (χ3n) is 4.13. The number of halogens is 3. The summed E-state index contributed by atoms with van der Waals surface area (Å²) in [5.41, 5.74) is 5.01. The van der Waals surface area contributed by atoms with Crippen molar-refractivity contribution in [2.24, 2.45) is 5.73 Å². The first-order chi connectivity index (χ1) is 14.3. The highest BCUT2D eigenvalue weighted by molar-refractivity contribution is 5.93.